The van der Waals surface area contributed by atoms with Gasteiger partial charge in [-0.2, -0.15) is 0 Å². The molecule has 2 heterocycles. The van der Waals surface area contributed by atoms with E-state index in [0.29, 0.717) is 0 Å². The van der Waals surface area contributed by atoms with Crippen LogP contribution in [0, 0.1) is 0 Å². The molecule has 1 aliphatic rings. The molecular formula is C13H18ClN5. The molecule has 1 aromatic carbocycles. The van der Waals surface area contributed by atoms with Crippen LogP contribution in [0.4, 0.5) is 11.6 Å². The minimum absolute atomic E-state index is 0. The third-order valence-corrected chi connectivity index (χ3v) is 3.31. The normalized spacial score (nSPS) is 18.4. The van der Waals surface area contributed by atoms with Gasteiger partial charge in [-0.1, -0.05) is 12.1 Å². The number of fused-ring (bicyclic) bond motifs is 1. The van der Waals surface area contributed by atoms with Crippen LogP contribution >= 0.6 is 12.4 Å². The van der Waals surface area contributed by atoms with Crippen molar-refractivity contribution in [3.63, 3.8) is 0 Å². The number of para-hydroxylation sites is 2. The summed E-state index contributed by atoms with van der Waals surface area (Å²) in [4.78, 5) is 11.5. The monoisotopic (exact) mass is 279 g/mol. The summed E-state index contributed by atoms with van der Waals surface area (Å²) in [6.45, 7) is 1.80. The Kier molecular flexibility index (Phi) is 4.07. The molecule has 1 aliphatic heterocycles. The Morgan fingerprint density at radius 1 is 1.26 bits per heavy atom. The number of nitrogens with two attached hydrogens (primary N) is 1. The second-order valence-electron chi connectivity index (χ2n) is 4.63. The van der Waals surface area contributed by atoms with E-state index in [9.17, 15) is 0 Å². The highest BCUT2D eigenvalue weighted by molar-refractivity contribution is 5.85. The molecule has 3 N–H and O–H groups in total. The largest absolute Gasteiger partial charge is 0.370 e. The number of anilines is 2. The first-order valence-corrected chi connectivity index (χ1v) is 6.23. The van der Waals surface area contributed by atoms with Crippen molar-refractivity contribution in [2.75, 3.05) is 30.4 Å². The van der Waals surface area contributed by atoms with Crippen molar-refractivity contribution in [1.82, 2.24) is 9.97 Å². The molecule has 102 valence electrons. The summed E-state index contributed by atoms with van der Waals surface area (Å²) in [6, 6.07) is 8.16. The molecule has 0 saturated carbocycles. The highest BCUT2D eigenvalue weighted by atomic mass is 35.5. The molecule has 1 fully saturated rings. The first kappa shape index (κ1) is 13.8. The van der Waals surface area contributed by atoms with E-state index < -0.39 is 0 Å². The third kappa shape index (κ3) is 2.57. The highest BCUT2D eigenvalue weighted by Crippen LogP contribution is 2.26. The molecule has 2 aromatic rings. The summed E-state index contributed by atoms with van der Waals surface area (Å²) < 4.78 is 0. The average Bonchev–Trinajstić information content (AvgIpc) is 2.83. The fourth-order valence-corrected chi connectivity index (χ4v) is 2.36. The van der Waals surface area contributed by atoms with Gasteiger partial charge in [0.25, 0.3) is 0 Å². The molecule has 6 heteroatoms. The maximum absolute atomic E-state index is 5.96. The van der Waals surface area contributed by atoms with Crippen molar-refractivity contribution in [2.45, 2.75) is 12.5 Å². The van der Waals surface area contributed by atoms with Gasteiger partial charge in [0.2, 0.25) is 0 Å². The summed E-state index contributed by atoms with van der Waals surface area (Å²) in [5, 5.41) is 3.12. The molecule has 0 radical (unpaired) electrons. The number of hydrogen-bond acceptors (Lipinski definition) is 5. The van der Waals surface area contributed by atoms with Gasteiger partial charge in [0.05, 0.1) is 11.0 Å². The van der Waals surface area contributed by atoms with Crippen LogP contribution in [0.15, 0.2) is 24.3 Å². The van der Waals surface area contributed by atoms with E-state index in [2.05, 4.69) is 15.2 Å². The predicted octanol–water partition coefficient (Wildman–Crippen LogP) is 1.63. The second-order valence-corrected chi connectivity index (χ2v) is 4.63. The number of aromatic nitrogens is 2. The van der Waals surface area contributed by atoms with Crippen LogP contribution in [0.2, 0.25) is 0 Å². The number of nitrogens with zero attached hydrogens (tertiary/aromatic N) is 3. The van der Waals surface area contributed by atoms with E-state index in [1.807, 2.05) is 31.3 Å². The highest BCUT2D eigenvalue weighted by Gasteiger charge is 2.23. The zero-order valence-corrected chi connectivity index (χ0v) is 11.7. The van der Waals surface area contributed by atoms with Crippen LogP contribution in [0.1, 0.15) is 6.42 Å². The summed E-state index contributed by atoms with van der Waals surface area (Å²) in [6.07, 6.45) is 1.01. The molecule has 1 saturated heterocycles. The van der Waals surface area contributed by atoms with Crippen LogP contribution in [0.25, 0.3) is 11.0 Å². The molecule has 19 heavy (non-hydrogen) atoms. The zero-order chi connectivity index (χ0) is 12.5. The number of hydrogen-bond donors (Lipinski definition) is 2. The van der Waals surface area contributed by atoms with Crippen LogP contribution in [-0.2, 0) is 0 Å². The van der Waals surface area contributed by atoms with Crippen LogP contribution in [-0.4, -0.2) is 36.1 Å². The molecule has 0 bridgehead atoms. The summed E-state index contributed by atoms with van der Waals surface area (Å²) >= 11 is 0. The summed E-state index contributed by atoms with van der Waals surface area (Å²) in [5.74, 6) is 1.73. The lowest BCUT2D eigenvalue weighted by atomic mass is 10.3. The second kappa shape index (κ2) is 5.59. The van der Waals surface area contributed by atoms with Crippen LogP contribution in [0.3, 0.4) is 0 Å². The predicted molar refractivity (Wildman–Crippen MR) is 81.1 cm³/mol. The van der Waals surface area contributed by atoms with Crippen molar-refractivity contribution in [2.24, 2.45) is 5.73 Å². The average molecular weight is 280 g/mol. The quantitative estimate of drug-likeness (QED) is 0.875. The van der Waals surface area contributed by atoms with Gasteiger partial charge < -0.3 is 16.0 Å². The topological polar surface area (TPSA) is 67.1 Å². The Balaban J connectivity index is 0.00000133. The molecule has 0 aliphatic carbocycles. The van der Waals surface area contributed by atoms with Gasteiger partial charge in [-0.3, -0.25) is 0 Å². The molecule has 0 unspecified atom stereocenters. The number of benzene rings is 1. The third-order valence-electron chi connectivity index (χ3n) is 3.31. The fourth-order valence-electron chi connectivity index (χ4n) is 2.36. The first-order valence-electron chi connectivity index (χ1n) is 6.23. The van der Waals surface area contributed by atoms with Gasteiger partial charge in [-0.05, 0) is 18.6 Å². The molecule has 0 spiro atoms. The van der Waals surface area contributed by atoms with E-state index >= 15 is 0 Å². The molecule has 5 nitrogen and oxygen atoms in total. The van der Waals surface area contributed by atoms with E-state index in [-0.39, 0.29) is 18.4 Å². The van der Waals surface area contributed by atoms with Crippen molar-refractivity contribution in [1.29, 1.82) is 0 Å². The lowest BCUT2D eigenvalue weighted by Gasteiger charge is -2.19. The van der Waals surface area contributed by atoms with E-state index in [1.165, 1.54) is 0 Å². The maximum Gasteiger partial charge on any atom is 0.172 e. The van der Waals surface area contributed by atoms with E-state index in [4.69, 9.17) is 10.7 Å². The lowest BCUT2D eigenvalue weighted by Crippen LogP contribution is -2.27. The molecule has 1 atom stereocenters. The van der Waals surface area contributed by atoms with E-state index in [0.717, 1.165) is 42.2 Å². The van der Waals surface area contributed by atoms with Crippen LogP contribution in [0.5, 0.6) is 0 Å². The van der Waals surface area contributed by atoms with Gasteiger partial charge in [-0.15, -0.1) is 12.4 Å². The Bertz CT molecular complexity index is 574. The molecule has 1 aromatic heterocycles. The Labute approximate surface area is 118 Å². The standard InChI is InChI=1S/C13H17N5.ClH/c1-15-12-13(18-7-6-9(14)8-18)17-11-5-3-2-4-10(11)16-12;/h2-5,9H,6-8,14H2,1H3,(H,15,16);1H/t9-;/m0./s1. The fraction of sp³-hybridized carbons (Fsp3) is 0.385. The Hall–Kier alpha value is -1.59. The van der Waals surface area contributed by atoms with Gasteiger partial charge in [0.15, 0.2) is 11.6 Å². The van der Waals surface area contributed by atoms with Crippen molar-refractivity contribution >= 4 is 35.1 Å². The molecule has 0 amide bonds. The summed E-state index contributed by atoms with van der Waals surface area (Å²) in [7, 11) is 1.87. The number of halogens is 1. The Morgan fingerprint density at radius 3 is 2.53 bits per heavy atom. The molecular weight excluding hydrogens is 262 g/mol. The van der Waals surface area contributed by atoms with Crippen LogP contribution < -0.4 is 16.0 Å². The SMILES string of the molecule is CNc1nc2ccccc2nc1N1CC[C@H](N)C1.Cl. The van der Waals surface area contributed by atoms with Gasteiger partial charge >= 0.3 is 0 Å². The molecule has 3 rings (SSSR count). The van der Waals surface area contributed by atoms with Crippen molar-refractivity contribution < 1.29 is 0 Å². The first-order chi connectivity index (χ1) is 8.78. The van der Waals surface area contributed by atoms with Gasteiger partial charge in [0, 0.05) is 26.2 Å². The maximum atomic E-state index is 5.96. The Morgan fingerprint density at radius 2 is 1.95 bits per heavy atom. The number of nitrogens with one attached hydrogen (secondary N) is 1. The van der Waals surface area contributed by atoms with Crippen molar-refractivity contribution in [3.05, 3.63) is 24.3 Å². The minimum atomic E-state index is 0. The minimum Gasteiger partial charge on any atom is -0.370 e. The summed E-state index contributed by atoms with van der Waals surface area (Å²) in [5.41, 5.74) is 7.79. The van der Waals surface area contributed by atoms with Crippen molar-refractivity contribution in [3.8, 4) is 0 Å². The number of rotatable bonds is 2. The zero-order valence-electron chi connectivity index (χ0n) is 10.8. The van der Waals surface area contributed by atoms with E-state index in [1.54, 1.807) is 0 Å². The smallest absolute Gasteiger partial charge is 0.172 e. The van der Waals surface area contributed by atoms with Gasteiger partial charge in [-0.25, -0.2) is 9.97 Å². The lowest BCUT2D eigenvalue weighted by molar-refractivity contribution is 0.751. The van der Waals surface area contributed by atoms with Gasteiger partial charge in [0.1, 0.15) is 0 Å².